The highest BCUT2D eigenvalue weighted by atomic mass is 35.5. The summed E-state index contributed by atoms with van der Waals surface area (Å²) in [5.41, 5.74) is 0.384. The quantitative estimate of drug-likeness (QED) is 0.842. The summed E-state index contributed by atoms with van der Waals surface area (Å²) in [6.45, 7) is 1.92. The number of carboxylic acids is 1. The molecule has 1 unspecified atom stereocenters. The van der Waals surface area contributed by atoms with Gasteiger partial charge < -0.3 is 19.9 Å². The first kappa shape index (κ1) is 15.4. The second-order valence-electron chi connectivity index (χ2n) is 4.85. The lowest BCUT2D eigenvalue weighted by atomic mass is 10.1. The molecule has 1 aromatic carbocycles. The molecule has 0 saturated heterocycles. The predicted octanol–water partition coefficient (Wildman–Crippen LogP) is 2.44. The Bertz CT molecular complexity index is 561. The number of fused-ring (bicyclic) bond motifs is 1. The van der Waals surface area contributed by atoms with E-state index in [9.17, 15) is 9.59 Å². The van der Waals surface area contributed by atoms with E-state index in [1.165, 1.54) is 6.07 Å². The van der Waals surface area contributed by atoms with Crippen molar-refractivity contribution in [1.29, 1.82) is 0 Å². The highest BCUT2D eigenvalue weighted by molar-refractivity contribution is 6.32. The van der Waals surface area contributed by atoms with E-state index in [2.05, 4.69) is 5.32 Å². The van der Waals surface area contributed by atoms with Crippen LogP contribution < -0.4 is 14.8 Å². The number of ether oxygens (including phenoxy) is 2. The third kappa shape index (κ3) is 4.01. The lowest BCUT2D eigenvalue weighted by molar-refractivity contribution is -0.137. The third-order valence-corrected chi connectivity index (χ3v) is 3.38. The maximum absolute atomic E-state index is 12.1. The summed E-state index contributed by atoms with van der Waals surface area (Å²) in [6, 6.07) is 2.98. The normalized spacial score (nSPS) is 13.8. The Balaban J connectivity index is 1.94. The first-order valence-corrected chi connectivity index (χ1v) is 6.97. The molecule has 21 heavy (non-hydrogen) atoms. The average molecular weight is 314 g/mol. The molecule has 0 bridgehead atoms. The molecule has 0 saturated carbocycles. The van der Waals surface area contributed by atoms with Gasteiger partial charge in [0.15, 0.2) is 11.5 Å². The van der Waals surface area contributed by atoms with Gasteiger partial charge in [-0.25, -0.2) is 0 Å². The average Bonchev–Trinajstić information content (AvgIpc) is 2.86. The molecule has 1 aliphatic rings. The van der Waals surface area contributed by atoms with Gasteiger partial charge in [-0.05, 0) is 31.9 Å². The Hall–Kier alpha value is -1.95. The highest BCUT2D eigenvalue weighted by Crippen LogP contribution is 2.39. The van der Waals surface area contributed by atoms with Crippen molar-refractivity contribution in [3.05, 3.63) is 22.7 Å². The van der Waals surface area contributed by atoms with Crippen LogP contribution in [0.4, 0.5) is 0 Å². The summed E-state index contributed by atoms with van der Waals surface area (Å²) in [5, 5.41) is 11.7. The Kier molecular flexibility index (Phi) is 4.90. The first-order valence-electron chi connectivity index (χ1n) is 6.59. The van der Waals surface area contributed by atoms with E-state index < -0.39 is 5.97 Å². The van der Waals surface area contributed by atoms with Gasteiger partial charge in [0, 0.05) is 18.0 Å². The number of carbonyl (C=O) groups is 2. The molecule has 2 rings (SSSR count). The van der Waals surface area contributed by atoms with Crippen molar-refractivity contribution in [2.75, 3.05) is 6.79 Å². The van der Waals surface area contributed by atoms with Crippen molar-refractivity contribution < 1.29 is 24.2 Å². The number of amides is 1. The van der Waals surface area contributed by atoms with E-state index >= 15 is 0 Å². The molecule has 0 aliphatic carbocycles. The van der Waals surface area contributed by atoms with E-state index in [4.69, 9.17) is 26.2 Å². The molecule has 6 nitrogen and oxygen atoms in total. The molecule has 1 amide bonds. The van der Waals surface area contributed by atoms with Crippen molar-refractivity contribution in [1.82, 2.24) is 5.32 Å². The minimum absolute atomic E-state index is 0.0890. The van der Waals surface area contributed by atoms with Gasteiger partial charge in [0.1, 0.15) is 0 Å². The van der Waals surface area contributed by atoms with E-state index in [0.717, 1.165) is 0 Å². The number of aliphatic carboxylic acids is 1. The second-order valence-corrected chi connectivity index (χ2v) is 5.26. The topological polar surface area (TPSA) is 84.9 Å². The number of rotatable bonds is 6. The fourth-order valence-electron chi connectivity index (χ4n) is 2.04. The zero-order valence-electron chi connectivity index (χ0n) is 11.5. The van der Waals surface area contributed by atoms with E-state index in [1.54, 1.807) is 6.07 Å². The fourth-order valence-corrected chi connectivity index (χ4v) is 2.30. The van der Waals surface area contributed by atoms with Gasteiger partial charge in [0.25, 0.3) is 5.91 Å². The van der Waals surface area contributed by atoms with Gasteiger partial charge in [0.05, 0.1) is 5.02 Å². The summed E-state index contributed by atoms with van der Waals surface area (Å²) < 4.78 is 10.4. The summed E-state index contributed by atoms with van der Waals surface area (Å²) >= 11 is 6.02. The van der Waals surface area contributed by atoms with Crippen LogP contribution in [0, 0.1) is 0 Å². The van der Waals surface area contributed by atoms with Crippen LogP contribution in [0.5, 0.6) is 11.5 Å². The van der Waals surface area contributed by atoms with Crippen LogP contribution in [0.1, 0.15) is 36.5 Å². The SMILES string of the molecule is CC(CCCC(=O)O)NC(=O)c1cc(Cl)c2c(c1)OCO2. The molecule has 1 atom stereocenters. The molecular weight excluding hydrogens is 298 g/mol. The Labute approximate surface area is 127 Å². The fraction of sp³-hybridized carbons (Fsp3) is 0.429. The molecule has 114 valence electrons. The van der Waals surface area contributed by atoms with Gasteiger partial charge in [-0.1, -0.05) is 11.6 Å². The van der Waals surface area contributed by atoms with Gasteiger partial charge >= 0.3 is 5.97 Å². The summed E-state index contributed by atoms with van der Waals surface area (Å²) in [5.74, 6) is -0.219. The zero-order valence-corrected chi connectivity index (χ0v) is 12.3. The van der Waals surface area contributed by atoms with Crippen molar-refractivity contribution in [3.8, 4) is 11.5 Å². The standard InChI is InChI=1S/C14H16ClNO5/c1-8(3-2-4-12(17)18)16-14(19)9-5-10(15)13-11(6-9)20-7-21-13/h5-6,8H,2-4,7H2,1H3,(H,16,19)(H,17,18). The van der Waals surface area contributed by atoms with Crippen molar-refractivity contribution in [2.24, 2.45) is 0 Å². The highest BCUT2D eigenvalue weighted by Gasteiger charge is 2.21. The van der Waals surface area contributed by atoms with Gasteiger partial charge in [-0.3, -0.25) is 9.59 Å². The minimum atomic E-state index is -0.837. The van der Waals surface area contributed by atoms with Crippen molar-refractivity contribution in [2.45, 2.75) is 32.2 Å². The molecule has 0 fully saturated rings. The van der Waals surface area contributed by atoms with Crippen LogP contribution in [0.3, 0.4) is 0 Å². The Morgan fingerprint density at radius 2 is 2.19 bits per heavy atom. The van der Waals surface area contributed by atoms with Crippen LogP contribution >= 0.6 is 11.6 Å². The van der Waals surface area contributed by atoms with Gasteiger partial charge in [-0.2, -0.15) is 0 Å². The molecule has 0 aromatic heterocycles. The molecule has 0 radical (unpaired) electrons. The molecule has 1 aromatic rings. The number of nitrogens with one attached hydrogen (secondary N) is 1. The molecule has 2 N–H and O–H groups in total. The van der Waals surface area contributed by atoms with Gasteiger partial charge in [-0.15, -0.1) is 0 Å². The number of hydrogen-bond acceptors (Lipinski definition) is 4. The van der Waals surface area contributed by atoms with Crippen molar-refractivity contribution >= 4 is 23.5 Å². The number of carbonyl (C=O) groups excluding carboxylic acids is 1. The molecule has 1 heterocycles. The van der Waals surface area contributed by atoms with Crippen LogP contribution in [0.25, 0.3) is 0 Å². The second kappa shape index (κ2) is 6.67. The molecular formula is C14H16ClNO5. The van der Waals surface area contributed by atoms with E-state index in [1.807, 2.05) is 6.92 Å². The summed E-state index contributed by atoms with van der Waals surface area (Å²) in [7, 11) is 0. The number of carboxylic acid groups (broad SMARTS) is 1. The largest absolute Gasteiger partial charge is 0.481 e. The first-order chi connectivity index (χ1) is 9.97. The monoisotopic (exact) mass is 313 g/mol. The smallest absolute Gasteiger partial charge is 0.303 e. The Morgan fingerprint density at radius 3 is 2.90 bits per heavy atom. The summed E-state index contributed by atoms with van der Waals surface area (Å²) in [6.07, 6.45) is 1.20. The van der Waals surface area contributed by atoms with Crippen LogP contribution in [0.15, 0.2) is 12.1 Å². The van der Waals surface area contributed by atoms with Crippen molar-refractivity contribution in [3.63, 3.8) is 0 Å². The molecule has 7 heteroatoms. The molecule has 0 spiro atoms. The van der Waals surface area contributed by atoms with E-state index in [-0.39, 0.29) is 25.2 Å². The maximum Gasteiger partial charge on any atom is 0.303 e. The number of hydrogen-bond donors (Lipinski definition) is 2. The predicted molar refractivity (Wildman–Crippen MR) is 76.0 cm³/mol. The van der Waals surface area contributed by atoms with Crippen LogP contribution in [-0.4, -0.2) is 29.8 Å². The number of halogens is 1. The van der Waals surface area contributed by atoms with Crippen LogP contribution in [-0.2, 0) is 4.79 Å². The lowest BCUT2D eigenvalue weighted by Crippen LogP contribution is -2.32. The number of benzene rings is 1. The van der Waals surface area contributed by atoms with Gasteiger partial charge in [0.2, 0.25) is 6.79 Å². The zero-order chi connectivity index (χ0) is 15.4. The molecule has 1 aliphatic heterocycles. The third-order valence-electron chi connectivity index (χ3n) is 3.09. The minimum Gasteiger partial charge on any atom is -0.481 e. The summed E-state index contributed by atoms with van der Waals surface area (Å²) in [4.78, 5) is 22.6. The van der Waals surface area contributed by atoms with E-state index in [0.29, 0.717) is 34.9 Å². The lowest BCUT2D eigenvalue weighted by Gasteiger charge is -2.13. The maximum atomic E-state index is 12.1. The van der Waals surface area contributed by atoms with Crippen LogP contribution in [0.2, 0.25) is 5.02 Å². The Morgan fingerprint density at radius 1 is 1.43 bits per heavy atom.